The third kappa shape index (κ3) is 2.68. The summed E-state index contributed by atoms with van der Waals surface area (Å²) in [6, 6.07) is 0.977. The number of carbonyl (C=O) groups is 3. The molecular weight excluding hydrogens is 332 g/mol. The number of carbonyl (C=O) groups excluding carboxylic acids is 2. The van der Waals surface area contributed by atoms with E-state index in [0.717, 1.165) is 6.42 Å². The lowest BCUT2D eigenvalue weighted by molar-refractivity contribution is -0.143. The van der Waals surface area contributed by atoms with Gasteiger partial charge in [0.15, 0.2) is 0 Å². The van der Waals surface area contributed by atoms with Gasteiger partial charge in [0.05, 0.1) is 11.4 Å². The highest BCUT2D eigenvalue weighted by molar-refractivity contribution is 8.01. The van der Waals surface area contributed by atoms with E-state index >= 15 is 0 Å². The van der Waals surface area contributed by atoms with Gasteiger partial charge in [0.1, 0.15) is 23.1 Å². The number of likely N-dealkylation sites (N-methyl/N-ethyl adjacent to an activating group) is 1. The zero-order chi connectivity index (χ0) is 17.6. The molecule has 2 aliphatic rings. The molecule has 2 atom stereocenters. The Balaban J connectivity index is 1.72. The fraction of sp³-hybridized carbons (Fsp3) is 0.562. The van der Waals surface area contributed by atoms with Crippen LogP contribution in [-0.2, 0) is 16.1 Å². The van der Waals surface area contributed by atoms with Crippen molar-refractivity contribution < 1.29 is 23.9 Å². The predicted molar refractivity (Wildman–Crippen MR) is 87.6 cm³/mol. The molecule has 0 radical (unpaired) electrons. The van der Waals surface area contributed by atoms with Gasteiger partial charge >= 0.3 is 5.97 Å². The Morgan fingerprint density at radius 2 is 2.25 bits per heavy atom. The molecule has 0 bridgehead atoms. The van der Waals surface area contributed by atoms with E-state index in [1.54, 1.807) is 30.6 Å². The van der Waals surface area contributed by atoms with Crippen molar-refractivity contribution in [2.24, 2.45) is 0 Å². The second-order valence-corrected chi connectivity index (χ2v) is 7.95. The highest BCUT2D eigenvalue weighted by atomic mass is 32.2. The number of hydrogen-bond donors (Lipinski definition) is 1. The molecule has 3 rings (SSSR count). The predicted octanol–water partition coefficient (Wildman–Crippen LogP) is 1.70. The quantitative estimate of drug-likeness (QED) is 0.887. The van der Waals surface area contributed by atoms with Crippen molar-refractivity contribution in [3.05, 3.63) is 23.2 Å². The Bertz CT molecular complexity index is 715. The van der Waals surface area contributed by atoms with Gasteiger partial charge in [-0.05, 0) is 26.3 Å². The normalized spacial score (nSPS) is 25.9. The van der Waals surface area contributed by atoms with Crippen LogP contribution in [0.5, 0.6) is 0 Å². The molecule has 1 aromatic heterocycles. The van der Waals surface area contributed by atoms with E-state index in [9.17, 15) is 14.4 Å². The number of aryl methyl sites for hydroxylation is 1. The first-order chi connectivity index (χ1) is 11.2. The summed E-state index contributed by atoms with van der Waals surface area (Å²) in [5.41, 5.74) is 0.101. The van der Waals surface area contributed by atoms with Crippen molar-refractivity contribution in [2.75, 3.05) is 12.8 Å². The molecule has 24 heavy (non-hydrogen) atoms. The Labute approximate surface area is 144 Å². The molecule has 0 aromatic carbocycles. The zero-order valence-electron chi connectivity index (χ0n) is 13.9. The number of amides is 2. The van der Waals surface area contributed by atoms with Gasteiger partial charge in [-0.2, -0.15) is 0 Å². The van der Waals surface area contributed by atoms with Gasteiger partial charge in [0.2, 0.25) is 11.8 Å². The van der Waals surface area contributed by atoms with Crippen LogP contribution >= 0.6 is 11.8 Å². The lowest BCUT2D eigenvalue weighted by Gasteiger charge is -2.31. The number of carboxylic acid groups (broad SMARTS) is 1. The molecule has 3 heterocycles. The van der Waals surface area contributed by atoms with Crippen molar-refractivity contribution in [1.82, 2.24) is 9.80 Å². The minimum atomic E-state index is -1.05. The number of nitrogens with zero attached hydrogens (tertiary/aromatic N) is 2. The maximum atomic E-state index is 12.8. The number of rotatable bonds is 4. The first-order valence-corrected chi connectivity index (χ1v) is 8.75. The molecule has 0 saturated carbocycles. The number of hydrogen-bond acceptors (Lipinski definition) is 5. The number of thioether (sulfide) groups is 1. The summed E-state index contributed by atoms with van der Waals surface area (Å²) in [4.78, 5) is 38.9. The van der Waals surface area contributed by atoms with Gasteiger partial charge in [-0.25, -0.2) is 4.79 Å². The molecule has 2 fully saturated rings. The van der Waals surface area contributed by atoms with E-state index in [-0.39, 0.29) is 28.8 Å². The number of carboxylic acids is 1. The van der Waals surface area contributed by atoms with Gasteiger partial charge in [0.25, 0.3) is 0 Å². The van der Waals surface area contributed by atoms with Crippen LogP contribution in [0.2, 0.25) is 0 Å². The van der Waals surface area contributed by atoms with E-state index in [1.807, 2.05) is 6.92 Å². The molecule has 2 aliphatic heterocycles. The molecular formula is C16H20N2O5S. The van der Waals surface area contributed by atoms with Crippen molar-refractivity contribution in [3.63, 3.8) is 0 Å². The Morgan fingerprint density at radius 3 is 2.88 bits per heavy atom. The van der Waals surface area contributed by atoms with E-state index in [1.165, 1.54) is 11.0 Å². The third-order valence-electron chi connectivity index (χ3n) is 4.70. The molecule has 1 aromatic rings. The molecule has 0 spiro atoms. The summed E-state index contributed by atoms with van der Waals surface area (Å²) >= 11 is 1.65. The molecule has 2 amide bonds. The summed E-state index contributed by atoms with van der Waals surface area (Å²) in [6.45, 7) is 3.76. The highest BCUT2D eigenvalue weighted by Gasteiger charge is 2.53. The van der Waals surface area contributed by atoms with Crippen molar-refractivity contribution in [2.45, 2.75) is 44.1 Å². The number of aromatic carboxylic acids is 1. The first kappa shape index (κ1) is 16.9. The van der Waals surface area contributed by atoms with Gasteiger partial charge < -0.3 is 19.3 Å². The average Bonchev–Trinajstić information content (AvgIpc) is 3.12. The summed E-state index contributed by atoms with van der Waals surface area (Å²) in [5, 5.41) is 9.07. The molecule has 1 N–H and O–H groups in total. The fourth-order valence-corrected chi connectivity index (χ4v) is 4.83. The van der Waals surface area contributed by atoms with E-state index in [4.69, 9.17) is 9.52 Å². The van der Waals surface area contributed by atoms with Crippen LogP contribution in [0.4, 0.5) is 0 Å². The largest absolute Gasteiger partial charge is 0.478 e. The zero-order valence-corrected chi connectivity index (χ0v) is 14.7. The van der Waals surface area contributed by atoms with Crippen molar-refractivity contribution in [3.8, 4) is 0 Å². The monoisotopic (exact) mass is 352 g/mol. The molecule has 0 unspecified atom stereocenters. The molecule has 130 valence electrons. The highest BCUT2D eigenvalue weighted by Crippen LogP contribution is 2.47. The second kappa shape index (κ2) is 5.84. The minimum Gasteiger partial charge on any atom is -0.478 e. The van der Waals surface area contributed by atoms with E-state index in [2.05, 4.69) is 0 Å². The van der Waals surface area contributed by atoms with Crippen LogP contribution in [0, 0.1) is 6.92 Å². The number of furan rings is 1. The molecule has 2 saturated heterocycles. The topological polar surface area (TPSA) is 91.1 Å². The van der Waals surface area contributed by atoms with Gasteiger partial charge in [0, 0.05) is 19.2 Å². The van der Waals surface area contributed by atoms with Crippen molar-refractivity contribution in [1.29, 1.82) is 0 Å². The van der Waals surface area contributed by atoms with E-state index < -0.39 is 12.0 Å². The second-order valence-electron chi connectivity index (χ2n) is 6.45. The lowest BCUT2D eigenvalue weighted by Crippen LogP contribution is -2.50. The summed E-state index contributed by atoms with van der Waals surface area (Å²) in [6.07, 6.45) is 1.25. The van der Waals surface area contributed by atoms with Crippen LogP contribution < -0.4 is 0 Å². The summed E-state index contributed by atoms with van der Waals surface area (Å²) in [7, 11) is 1.64. The van der Waals surface area contributed by atoms with Crippen LogP contribution in [0.15, 0.2) is 10.5 Å². The Hall–Kier alpha value is -1.96. The molecule has 7 nitrogen and oxygen atoms in total. The van der Waals surface area contributed by atoms with Gasteiger partial charge in [-0.15, -0.1) is 11.8 Å². The molecule has 8 heteroatoms. The first-order valence-electron chi connectivity index (χ1n) is 7.76. The van der Waals surface area contributed by atoms with Crippen LogP contribution in [0.1, 0.15) is 41.6 Å². The van der Waals surface area contributed by atoms with Crippen LogP contribution in [0.3, 0.4) is 0 Å². The average molecular weight is 352 g/mol. The smallest absolute Gasteiger partial charge is 0.339 e. The van der Waals surface area contributed by atoms with Crippen molar-refractivity contribution >= 4 is 29.5 Å². The SMILES string of the molecule is Cc1oc(CN(C)C(=O)[C@@H]2CS[C@@]3(C)CCC(=O)N23)cc1C(=O)O. The summed E-state index contributed by atoms with van der Waals surface area (Å²) < 4.78 is 5.43. The lowest BCUT2D eigenvalue weighted by atomic mass is 10.2. The maximum Gasteiger partial charge on any atom is 0.339 e. The van der Waals surface area contributed by atoms with Crippen LogP contribution in [0.25, 0.3) is 0 Å². The van der Waals surface area contributed by atoms with Gasteiger partial charge in [-0.3, -0.25) is 9.59 Å². The Kier molecular flexibility index (Phi) is 4.11. The fourth-order valence-electron chi connectivity index (χ4n) is 3.40. The van der Waals surface area contributed by atoms with E-state index in [0.29, 0.717) is 23.7 Å². The Morgan fingerprint density at radius 1 is 1.54 bits per heavy atom. The third-order valence-corrected chi connectivity index (χ3v) is 6.20. The summed E-state index contributed by atoms with van der Waals surface area (Å²) in [5.74, 6) is 0.146. The van der Waals surface area contributed by atoms with Gasteiger partial charge in [-0.1, -0.05) is 0 Å². The number of fused-ring (bicyclic) bond motifs is 1. The van der Waals surface area contributed by atoms with Crippen LogP contribution in [-0.4, -0.2) is 56.4 Å². The minimum absolute atomic E-state index is 0.0243. The maximum absolute atomic E-state index is 12.8. The molecule has 0 aliphatic carbocycles. The standard InChI is InChI=1S/C16H20N2O5S/c1-9-11(15(21)22)6-10(23-9)7-17(3)14(20)12-8-24-16(2)5-4-13(19)18(12)16/h6,12H,4-5,7-8H2,1-3H3,(H,21,22)/t12-,16-/m0/s1.